The average Bonchev–Trinajstić information content (AvgIpc) is 3.17. The van der Waals surface area contributed by atoms with Crippen molar-refractivity contribution in [3.8, 4) is 0 Å². The first-order valence-corrected chi connectivity index (χ1v) is 9.56. The van der Waals surface area contributed by atoms with Gasteiger partial charge >= 0.3 is 0 Å². The molecule has 3 aromatic rings. The second-order valence-corrected chi connectivity index (χ2v) is 7.85. The van der Waals surface area contributed by atoms with Crippen LogP contribution in [0.15, 0.2) is 36.4 Å². The highest BCUT2D eigenvalue weighted by atomic mass is 35.5. The van der Waals surface area contributed by atoms with Crippen LogP contribution in [0.4, 0.5) is 4.39 Å². The largest absolute Gasteiger partial charge is 0.380 e. The van der Waals surface area contributed by atoms with Gasteiger partial charge < -0.3 is 10.1 Å². The number of methoxy groups -OCH3 is 1. The van der Waals surface area contributed by atoms with Crippen molar-refractivity contribution in [1.82, 2.24) is 5.32 Å². The van der Waals surface area contributed by atoms with Crippen LogP contribution in [-0.4, -0.2) is 13.0 Å². The van der Waals surface area contributed by atoms with Crippen LogP contribution in [-0.2, 0) is 17.8 Å². The number of thiophene rings is 1. The van der Waals surface area contributed by atoms with Gasteiger partial charge in [-0.25, -0.2) is 4.39 Å². The molecule has 0 fully saturated rings. The van der Waals surface area contributed by atoms with Crippen LogP contribution in [0.5, 0.6) is 0 Å². The average molecular weight is 390 g/mol. The maximum Gasteiger partial charge on any atom is 0.262 e. The SMILES string of the molecule is COCc1c(C(=O)NC2CCc3cc(Cl)ccc32)sc2cccc(F)c12. The topological polar surface area (TPSA) is 38.3 Å². The zero-order valence-electron chi connectivity index (χ0n) is 14.1. The molecule has 1 unspecified atom stereocenters. The fourth-order valence-electron chi connectivity index (χ4n) is 3.59. The maximum atomic E-state index is 14.3. The molecule has 26 heavy (non-hydrogen) atoms. The normalized spacial score (nSPS) is 16.0. The fraction of sp³-hybridized carbons (Fsp3) is 0.250. The lowest BCUT2D eigenvalue weighted by atomic mass is 10.1. The van der Waals surface area contributed by atoms with Crippen LogP contribution in [0.25, 0.3) is 10.1 Å². The molecule has 1 atom stereocenters. The van der Waals surface area contributed by atoms with Gasteiger partial charge in [0.05, 0.1) is 17.5 Å². The predicted octanol–water partition coefficient (Wildman–Crippen LogP) is 5.26. The molecule has 0 radical (unpaired) electrons. The van der Waals surface area contributed by atoms with Gasteiger partial charge in [0.2, 0.25) is 0 Å². The minimum atomic E-state index is -0.328. The minimum absolute atomic E-state index is 0.0554. The van der Waals surface area contributed by atoms with E-state index in [2.05, 4.69) is 5.32 Å². The molecular weight excluding hydrogens is 373 g/mol. The molecule has 0 saturated carbocycles. The summed E-state index contributed by atoms with van der Waals surface area (Å²) < 4.78 is 20.3. The van der Waals surface area contributed by atoms with E-state index in [4.69, 9.17) is 16.3 Å². The van der Waals surface area contributed by atoms with Crippen molar-refractivity contribution < 1.29 is 13.9 Å². The Kier molecular flexibility index (Phi) is 4.69. The number of carbonyl (C=O) groups is 1. The molecule has 134 valence electrons. The molecular formula is C20H17ClFNO2S. The van der Waals surface area contributed by atoms with Crippen molar-refractivity contribution in [3.63, 3.8) is 0 Å². The highest BCUT2D eigenvalue weighted by molar-refractivity contribution is 7.21. The van der Waals surface area contributed by atoms with Gasteiger partial charge in [-0.05, 0) is 48.2 Å². The lowest BCUT2D eigenvalue weighted by molar-refractivity contribution is 0.0936. The monoisotopic (exact) mass is 389 g/mol. The van der Waals surface area contributed by atoms with Gasteiger partial charge in [0, 0.05) is 27.8 Å². The summed E-state index contributed by atoms with van der Waals surface area (Å²) in [5.74, 6) is -0.517. The third-order valence-corrected chi connectivity index (χ3v) is 6.18. The Balaban J connectivity index is 1.67. The summed E-state index contributed by atoms with van der Waals surface area (Å²) in [5, 5.41) is 4.28. The summed E-state index contributed by atoms with van der Waals surface area (Å²) in [6.07, 6.45) is 1.72. The molecule has 2 aromatic carbocycles. The van der Waals surface area contributed by atoms with E-state index in [1.807, 2.05) is 24.3 Å². The summed E-state index contributed by atoms with van der Waals surface area (Å²) in [6.45, 7) is 0.195. The molecule has 1 N–H and O–H groups in total. The van der Waals surface area contributed by atoms with E-state index in [9.17, 15) is 9.18 Å². The molecule has 1 aliphatic rings. The Hall–Kier alpha value is -1.95. The van der Waals surface area contributed by atoms with Crippen LogP contribution in [0.2, 0.25) is 5.02 Å². The summed E-state index contributed by atoms with van der Waals surface area (Å²) >= 11 is 7.35. The number of nitrogens with one attached hydrogen (secondary N) is 1. The van der Waals surface area contributed by atoms with Crippen molar-refractivity contribution >= 4 is 38.9 Å². The summed E-state index contributed by atoms with van der Waals surface area (Å²) in [7, 11) is 1.54. The highest BCUT2D eigenvalue weighted by Crippen LogP contribution is 2.36. The smallest absolute Gasteiger partial charge is 0.262 e. The molecule has 0 saturated heterocycles. The van der Waals surface area contributed by atoms with E-state index in [0.29, 0.717) is 20.8 Å². The zero-order chi connectivity index (χ0) is 18.3. The second kappa shape index (κ2) is 6.99. The van der Waals surface area contributed by atoms with E-state index in [1.54, 1.807) is 13.2 Å². The van der Waals surface area contributed by atoms with Gasteiger partial charge in [-0.15, -0.1) is 11.3 Å². The maximum absolute atomic E-state index is 14.3. The third kappa shape index (κ3) is 3.00. The van der Waals surface area contributed by atoms with E-state index >= 15 is 0 Å². The number of aryl methyl sites for hydroxylation is 1. The number of fused-ring (bicyclic) bond motifs is 2. The number of amides is 1. The molecule has 1 amide bonds. The van der Waals surface area contributed by atoms with Gasteiger partial charge in [0.25, 0.3) is 5.91 Å². The summed E-state index contributed by atoms with van der Waals surface area (Å²) in [4.78, 5) is 13.5. The Morgan fingerprint density at radius 1 is 1.38 bits per heavy atom. The van der Waals surface area contributed by atoms with E-state index in [-0.39, 0.29) is 24.4 Å². The first-order valence-electron chi connectivity index (χ1n) is 8.36. The van der Waals surface area contributed by atoms with Crippen LogP contribution < -0.4 is 5.32 Å². The highest BCUT2D eigenvalue weighted by Gasteiger charge is 2.27. The molecule has 3 nitrogen and oxygen atoms in total. The Morgan fingerprint density at radius 2 is 2.23 bits per heavy atom. The quantitative estimate of drug-likeness (QED) is 0.661. The molecule has 0 spiro atoms. The van der Waals surface area contributed by atoms with E-state index < -0.39 is 0 Å². The Labute approximate surface area is 159 Å². The zero-order valence-corrected chi connectivity index (χ0v) is 15.7. The van der Waals surface area contributed by atoms with Gasteiger partial charge in [-0.2, -0.15) is 0 Å². The van der Waals surface area contributed by atoms with Crippen LogP contribution in [0.1, 0.15) is 38.8 Å². The van der Waals surface area contributed by atoms with Gasteiger partial charge in [-0.3, -0.25) is 4.79 Å². The summed E-state index contributed by atoms with van der Waals surface area (Å²) in [5.41, 5.74) is 2.88. The van der Waals surface area contributed by atoms with Crippen molar-refractivity contribution in [2.24, 2.45) is 0 Å². The Bertz CT molecular complexity index is 1000. The number of hydrogen-bond donors (Lipinski definition) is 1. The lowest BCUT2D eigenvalue weighted by Crippen LogP contribution is -2.27. The molecule has 1 aliphatic carbocycles. The molecule has 1 aromatic heterocycles. The molecule has 0 aliphatic heterocycles. The number of ether oxygens (including phenoxy) is 1. The predicted molar refractivity (Wildman–Crippen MR) is 102 cm³/mol. The van der Waals surface area contributed by atoms with Crippen LogP contribution in [0, 0.1) is 5.82 Å². The standard InChI is InChI=1S/C20H17ClFNO2S/c1-25-10-14-18-15(22)3-2-4-17(18)26-19(14)20(24)23-16-8-5-11-9-12(21)6-7-13(11)16/h2-4,6-7,9,16H,5,8,10H2,1H3,(H,23,24). The van der Waals surface area contributed by atoms with Crippen LogP contribution in [0.3, 0.4) is 0 Å². The van der Waals surface area contributed by atoms with Crippen LogP contribution >= 0.6 is 22.9 Å². The van der Waals surface area contributed by atoms with E-state index in [0.717, 1.165) is 23.1 Å². The van der Waals surface area contributed by atoms with E-state index in [1.165, 1.54) is 23.0 Å². The van der Waals surface area contributed by atoms with Crippen molar-refractivity contribution in [2.75, 3.05) is 7.11 Å². The third-order valence-electron chi connectivity index (χ3n) is 4.75. The molecule has 0 bridgehead atoms. The summed E-state index contributed by atoms with van der Waals surface area (Å²) in [6, 6.07) is 10.6. The first kappa shape index (κ1) is 17.5. The number of halogens is 2. The molecule has 1 heterocycles. The van der Waals surface area contributed by atoms with Crippen molar-refractivity contribution in [3.05, 3.63) is 68.8 Å². The number of hydrogen-bond acceptors (Lipinski definition) is 3. The number of rotatable bonds is 4. The first-order chi connectivity index (χ1) is 12.6. The fourth-order valence-corrected chi connectivity index (χ4v) is 4.91. The number of benzene rings is 2. The van der Waals surface area contributed by atoms with Gasteiger partial charge in [0.1, 0.15) is 5.82 Å². The molecule has 6 heteroatoms. The molecule has 4 rings (SSSR count). The van der Waals surface area contributed by atoms with Gasteiger partial charge in [0.15, 0.2) is 0 Å². The minimum Gasteiger partial charge on any atom is -0.380 e. The van der Waals surface area contributed by atoms with Crippen molar-refractivity contribution in [2.45, 2.75) is 25.5 Å². The van der Waals surface area contributed by atoms with Crippen molar-refractivity contribution in [1.29, 1.82) is 0 Å². The number of carbonyl (C=O) groups excluding carboxylic acids is 1. The second-order valence-electron chi connectivity index (χ2n) is 6.36. The van der Waals surface area contributed by atoms with Gasteiger partial charge in [-0.1, -0.05) is 23.7 Å². The Morgan fingerprint density at radius 3 is 3.04 bits per heavy atom. The lowest BCUT2D eigenvalue weighted by Gasteiger charge is -2.14.